The average molecular weight is 699 g/mol. The first-order valence-corrected chi connectivity index (χ1v) is 16.6. The topological polar surface area (TPSA) is 217 Å². The first-order valence-electron chi connectivity index (χ1n) is 15.1. The van der Waals surface area contributed by atoms with E-state index in [1.54, 1.807) is 31.2 Å². The molecule has 4 heterocycles. The molecule has 18 heteroatoms. The Balaban J connectivity index is 1.28. The molecule has 17 nitrogen and oxygen atoms in total. The fourth-order valence-corrected chi connectivity index (χ4v) is 7.21. The number of hydrogen-bond donors (Lipinski definition) is 4. The van der Waals surface area contributed by atoms with Crippen molar-refractivity contribution >= 4 is 13.8 Å². The molecule has 5 aliphatic rings. The molecule has 0 amide bonds. The highest BCUT2D eigenvalue weighted by Gasteiger charge is 2.56. The smallest absolute Gasteiger partial charge is 0.472 e. The minimum Gasteiger partial charge on any atom is -0.493 e. The number of phosphoric acid groups is 1. The van der Waals surface area contributed by atoms with E-state index in [2.05, 4.69) is 4.52 Å². The molecule has 4 N–H and O–H groups in total. The summed E-state index contributed by atoms with van der Waals surface area (Å²) in [6.07, 6.45) is -7.14. The highest BCUT2D eigenvalue weighted by atomic mass is 31.2. The minimum atomic E-state index is -4.82. The third kappa shape index (κ3) is 5.98. The van der Waals surface area contributed by atoms with Gasteiger partial charge in [0.15, 0.2) is 35.6 Å². The summed E-state index contributed by atoms with van der Waals surface area (Å²) in [4.78, 5) is 31.7. The Morgan fingerprint density at radius 2 is 1.60 bits per heavy atom. The first kappa shape index (κ1) is 33.3. The summed E-state index contributed by atoms with van der Waals surface area (Å²) in [7, 11) is -2.08. The van der Waals surface area contributed by atoms with Gasteiger partial charge in [0.25, 0.3) is 0 Å². The standard InChI is InChI=1S/C30H35O17P/c1-12-39-9-21-28(45-12)24(31)25(32)30(46-21)47-26-15-7-18-17(41-10-42-18)6-14(15)22(23-16(26)8-40-29(23)33)13-4-19(37-2)27(20(5-13)38-3)43-11-44-48(34,35)36/h4-7,12,16,21-26,28,30-32H,8-11H2,1-3H3,(H2,34,35,36)/t12?,16-,21+,22+,23-,24+,25+,26+,28?,30-/m0/s1. The lowest BCUT2D eigenvalue weighted by Gasteiger charge is -2.47. The maximum atomic E-state index is 13.6. The van der Waals surface area contributed by atoms with Gasteiger partial charge in [-0.05, 0) is 47.9 Å². The van der Waals surface area contributed by atoms with E-state index in [1.807, 2.05) is 0 Å². The lowest BCUT2D eigenvalue weighted by Crippen LogP contribution is -2.63. The molecule has 7 rings (SSSR count). The van der Waals surface area contributed by atoms with Crippen LogP contribution in [0.1, 0.15) is 35.6 Å². The molecule has 0 radical (unpaired) electrons. The van der Waals surface area contributed by atoms with Gasteiger partial charge in [-0.2, -0.15) is 0 Å². The van der Waals surface area contributed by atoms with Crippen LogP contribution in [0.2, 0.25) is 0 Å². The highest BCUT2D eigenvalue weighted by Crippen LogP contribution is 2.57. The number of methoxy groups -OCH3 is 2. The SMILES string of the molecule is COc1cc([C@@H]2c3cc4c(cc3[C@@H](O[C@@H]3O[C@@H]5COC(C)OC5[C@H](O)[C@H]3O)[C@H]3COC(=O)[C@H]23)OCO4)cc(OC)c1OCOP(=O)(O)O. The van der Waals surface area contributed by atoms with E-state index in [4.69, 9.17) is 57.2 Å². The lowest BCUT2D eigenvalue weighted by atomic mass is 9.66. The molecule has 1 aliphatic carbocycles. The number of aliphatic hydroxyl groups is 2. The Morgan fingerprint density at radius 1 is 0.917 bits per heavy atom. The van der Waals surface area contributed by atoms with Crippen molar-refractivity contribution in [1.29, 1.82) is 0 Å². The number of cyclic esters (lactones) is 1. The van der Waals surface area contributed by atoms with E-state index in [0.29, 0.717) is 28.2 Å². The van der Waals surface area contributed by atoms with E-state index >= 15 is 0 Å². The number of hydrogen-bond acceptors (Lipinski definition) is 15. The molecular weight excluding hydrogens is 663 g/mol. The number of carbonyl (C=O) groups excluding carboxylic acids is 1. The number of ether oxygens (including phenoxy) is 10. The van der Waals surface area contributed by atoms with Crippen molar-refractivity contribution in [3.63, 3.8) is 0 Å². The zero-order valence-electron chi connectivity index (χ0n) is 26.0. The molecule has 2 aromatic rings. The molecule has 48 heavy (non-hydrogen) atoms. The molecule has 0 spiro atoms. The summed E-state index contributed by atoms with van der Waals surface area (Å²) >= 11 is 0. The molecule has 262 valence electrons. The van der Waals surface area contributed by atoms with Gasteiger partial charge in [-0.15, -0.1) is 0 Å². The Bertz CT molecular complexity index is 1570. The van der Waals surface area contributed by atoms with Crippen molar-refractivity contribution in [3.05, 3.63) is 41.0 Å². The molecule has 3 saturated heterocycles. The van der Waals surface area contributed by atoms with E-state index in [-0.39, 0.29) is 37.3 Å². The second-order valence-electron chi connectivity index (χ2n) is 11.9. The number of fused-ring (bicyclic) bond motifs is 4. The van der Waals surface area contributed by atoms with Crippen LogP contribution in [-0.4, -0.2) is 104 Å². The van der Waals surface area contributed by atoms with Crippen LogP contribution >= 0.6 is 7.82 Å². The number of carbonyl (C=O) groups is 1. The van der Waals surface area contributed by atoms with Crippen LogP contribution in [-0.2, 0) is 37.6 Å². The molecule has 3 fully saturated rings. The number of esters is 1. The number of benzene rings is 2. The maximum Gasteiger partial charge on any atom is 0.472 e. The van der Waals surface area contributed by atoms with Crippen LogP contribution in [0.15, 0.2) is 24.3 Å². The van der Waals surface area contributed by atoms with Crippen LogP contribution in [0.4, 0.5) is 0 Å². The first-order chi connectivity index (χ1) is 23.0. The van der Waals surface area contributed by atoms with Crippen molar-refractivity contribution in [1.82, 2.24) is 0 Å². The summed E-state index contributed by atoms with van der Waals surface area (Å²) in [5.41, 5.74) is 1.78. The highest BCUT2D eigenvalue weighted by molar-refractivity contribution is 7.46. The third-order valence-electron chi connectivity index (χ3n) is 9.15. The summed E-state index contributed by atoms with van der Waals surface area (Å²) < 4.78 is 73.0. The van der Waals surface area contributed by atoms with Crippen LogP contribution in [0.3, 0.4) is 0 Å². The Morgan fingerprint density at radius 3 is 2.27 bits per heavy atom. The molecular formula is C30H35O17P. The van der Waals surface area contributed by atoms with Gasteiger partial charge in [0.1, 0.15) is 24.4 Å². The monoisotopic (exact) mass is 698 g/mol. The fraction of sp³-hybridized carbons (Fsp3) is 0.567. The average Bonchev–Trinajstić information content (AvgIpc) is 3.68. The summed E-state index contributed by atoms with van der Waals surface area (Å²) in [5.74, 6) is -1.42. The maximum absolute atomic E-state index is 13.6. The third-order valence-corrected chi connectivity index (χ3v) is 9.59. The van der Waals surface area contributed by atoms with E-state index in [1.165, 1.54) is 14.2 Å². The van der Waals surface area contributed by atoms with Crippen LogP contribution in [0, 0.1) is 11.8 Å². The predicted molar refractivity (Wildman–Crippen MR) is 155 cm³/mol. The van der Waals surface area contributed by atoms with Crippen LogP contribution < -0.4 is 23.7 Å². The number of phosphoric ester groups is 1. The Labute approximate surface area is 273 Å². The Kier molecular flexibility index (Phi) is 8.95. The van der Waals surface area contributed by atoms with Gasteiger partial charge in [0.05, 0.1) is 39.5 Å². The fourth-order valence-electron chi connectivity index (χ4n) is 7.02. The Hall–Kier alpha value is -3.22. The van der Waals surface area contributed by atoms with Crippen molar-refractivity contribution in [3.8, 4) is 28.7 Å². The van der Waals surface area contributed by atoms with E-state index in [9.17, 15) is 19.6 Å². The van der Waals surface area contributed by atoms with E-state index in [0.717, 1.165) is 0 Å². The number of aliphatic hydroxyl groups excluding tert-OH is 2. The molecule has 2 aromatic carbocycles. The van der Waals surface area contributed by atoms with Gasteiger partial charge in [0, 0.05) is 11.8 Å². The van der Waals surface area contributed by atoms with Gasteiger partial charge in [-0.25, -0.2) is 9.09 Å². The van der Waals surface area contributed by atoms with Gasteiger partial charge in [-0.3, -0.25) is 4.79 Å². The van der Waals surface area contributed by atoms with Crippen LogP contribution in [0.25, 0.3) is 0 Å². The molecule has 4 aliphatic heterocycles. The summed E-state index contributed by atoms with van der Waals surface area (Å²) in [5, 5.41) is 22.1. The molecule has 10 atom stereocenters. The summed E-state index contributed by atoms with van der Waals surface area (Å²) in [6, 6.07) is 6.74. The number of rotatable bonds is 9. The molecule has 0 aromatic heterocycles. The zero-order chi connectivity index (χ0) is 33.9. The van der Waals surface area contributed by atoms with Crippen molar-refractivity contribution in [2.75, 3.05) is 41.0 Å². The van der Waals surface area contributed by atoms with Gasteiger partial charge >= 0.3 is 13.8 Å². The molecule has 2 unspecified atom stereocenters. The van der Waals surface area contributed by atoms with Crippen LogP contribution in [0.5, 0.6) is 28.7 Å². The predicted octanol–water partition coefficient (Wildman–Crippen LogP) is 1.08. The van der Waals surface area contributed by atoms with Crippen molar-refractivity contribution in [2.45, 2.75) is 55.9 Å². The minimum absolute atomic E-state index is 0.0102. The van der Waals surface area contributed by atoms with Gasteiger partial charge in [-0.1, -0.05) is 0 Å². The molecule has 0 saturated carbocycles. The zero-order valence-corrected chi connectivity index (χ0v) is 26.8. The summed E-state index contributed by atoms with van der Waals surface area (Å²) in [6.45, 7) is 0.951. The van der Waals surface area contributed by atoms with Crippen molar-refractivity contribution in [2.24, 2.45) is 11.8 Å². The van der Waals surface area contributed by atoms with Gasteiger partial charge in [0.2, 0.25) is 19.3 Å². The quantitative estimate of drug-likeness (QED) is 0.164. The second-order valence-corrected chi connectivity index (χ2v) is 13.1. The van der Waals surface area contributed by atoms with E-state index < -0.39 is 81.4 Å². The lowest BCUT2D eigenvalue weighted by molar-refractivity contribution is -0.364. The van der Waals surface area contributed by atoms with Gasteiger partial charge < -0.3 is 67.4 Å². The molecule has 0 bridgehead atoms. The largest absolute Gasteiger partial charge is 0.493 e. The normalized spacial score (nSPS) is 33.7. The van der Waals surface area contributed by atoms with Crippen molar-refractivity contribution < 1.29 is 81.3 Å². The second kappa shape index (κ2) is 12.9.